The molecule has 148 valence electrons. The zero-order chi connectivity index (χ0) is 20.6. The summed E-state index contributed by atoms with van der Waals surface area (Å²) in [5.74, 6) is -1.25. The first-order chi connectivity index (χ1) is 13.3. The van der Waals surface area contributed by atoms with Gasteiger partial charge in [-0.3, -0.25) is 20.4 Å². The fraction of sp³-hybridized carbons (Fsp3) is 0.167. The van der Waals surface area contributed by atoms with Crippen LogP contribution in [-0.4, -0.2) is 23.5 Å². The Kier molecular flexibility index (Phi) is 7.33. The van der Waals surface area contributed by atoms with E-state index in [0.717, 1.165) is 29.8 Å². The number of benzene rings is 2. The lowest BCUT2D eigenvalue weighted by molar-refractivity contribution is -0.137. The molecule has 2 aromatic rings. The van der Waals surface area contributed by atoms with Gasteiger partial charge in [0.15, 0.2) is 5.11 Å². The topological polar surface area (TPSA) is 82.3 Å². The lowest BCUT2D eigenvalue weighted by atomic mass is 10.1. The third kappa shape index (κ3) is 6.88. The Hall–Kier alpha value is -3.14. The summed E-state index contributed by atoms with van der Waals surface area (Å²) in [6.45, 7) is 0.0847. The molecule has 6 nitrogen and oxygen atoms in total. The van der Waals surface area contributed by atoms with Gasteiger partial charge in [-0.15, -0.1) is 0 Å². The highest BCUT2D eigenvalue weighted by molar-refractivity contribution is 7.80. The van der Waals surface area contributed by atoms with Gasteiger partial charge in [0.25, 0.3) is 11.8 Å². The fourth-order valence-electron chi connectivity index (χ4n) is 2.07. The molecule has 0 aliphatic rings. The van der Waals surface area contributed by atoms with Gasteiger partial charge in [0, 0.05) is 12.1 Å². The van der Waals surface area contributed by atoms with Gasteiger partial charge in [-0.1, -0.05) is 30.3 Å². The van der Waals surface area contributed by atoms with Gasteiger partial charge in [0.2, 0.25) is 0 Å². The first-order valence-corrected chi connectivity index (χ1v) is 8.48. The van der Waals surface area contributed by atoms with Crippen LogP contribution in [0.2, 0.25) is 0 Å². The normalized spacial score (nSPS) is 10.7. The molecule has 0 unspecified atom stereocenters. The third-order valence-corrected chi connectivity index (χ3v) is 3.74. The molecule has 28 heavy (non-hydrogen) atoms. The number of halogens is 3. The van der Waals surface area contributed by atoms with E-state index in [0.29, 0.717) is 6.54 Å². The summed E-state index contributed by atoms with van der Waals surface area (Å²) >= 11 is 5.01. The Morgan fingerprint density at radius 3 is 2.14 bits per heavy atom. The minimum absolute atomic E-state index is 0.00816. The van der Waals surface area contributed by atoms with Crippen LogP contribution in [0.4, 0.5) is 13.2 Å². The lowest BCUT2D eigenvalue weighted by Gasteiger charge is -2.12. The first kappa shape index (κ1) is 21.2. The molecule has 10 heteroatoms. The van der Waals surface area contributed by atoms with Crippen LogP contribution in [0.25, 0.3) is 0 Å². The highest BCUT2D eigenvalue weighted by Gasteiger charge is 2.30. The minimum Gasteiger partial charge on any atom is -0.357 e. The second-order valence-electron chi connectivity index (χ2n) is 5.60. The summed E-state index contributed by atoms with van der Waals surface area (Å²) in [6, 6.07) is 13.1. The summed E-state index contributed by atoms with van der Waals surface area (Å²) in [6.07, 6.45) is -4.48. The number of hydrazine groups is 1. The summed E-state index contributed by atoms with van der Waals surface area (Å²) in [5.41, 5.74) is 4.93. The molecule has 0 fully saturated rings. The molecule has 0 aromatic heterocycles. The van der Waals surface area contributed by atoms with E-state index in [4.69, 9.17) is 12.2 Å². The van der Waals surface area contributed by atoms with Crippen LogP contribution in [0, 0.1) is 0 Å². The lowest BCUT2D eigenvalue weighted by Crippen LogP contribution is -2.49. The monoisotopic (exact) mass is 410 g/mol. The maximum Gasteiger partial charge on any atom is 0.416 e. The predicted molar refractivity (Wildman–Crippen MR) is 101 cm³/mol. The van der Waals surface area contributed by atoms with Crippen molar-refractivity contribution in [2.24, 2.45) is 0 Å². The number of carbonyl (C=O) groups excluding carboxylic acids is 2. The van der Waals surface area contributed by atoms with E-state index >= 15 is 0 Å². The number of hydrogen-bond acceptors (Lipinski definition) is 3. The van der Waals surface area contributed by atoms with Gasteiger partial charge in [-0.05, 0) is 42.0 Å². The highest BCUT2D eigenvalue weighted by Crippen LogP contribution is 2.28. The molecule has 0 spiro atoms. The molecule has 2 aromatic carbocycles. The molecule has 0 bridgehead atoms. The van der Waals surface area contributed by atoms with Crippen molar-refractivity contribution in [2.45, 2.75) is 12.7 Å². The van der Waals surface area contributed by atoms with Crippen LogP contribution in [0.15, 0.2) is 54.6 Å². The molecule has 0 aliphatic carbocycles. The number of alkyl halides is 3. The van der Waals surface area contributed by atoms with Gasteiger partial charge in [-0.25, -0.2) is 0 Å². The number of nitrogens with one attached hydrogen (secondary N) is 4. The Morgan fingerprint density at radius 2 is 1.54 bits per heavy atom. The summed E-state index contributed by atoms with van der Waals surface area (Å²) in [7, 11) is 0. The van der Waals surface area contributed by atoms with E-state index < -0.39 is 23.6 Å². The maximum absolute atomic E-state index is 12.5. The Morgan fingerprint density at radius 1 is 0.893 bits per heavy atom. The molecule has 0 heterocycles. The zero-order valence-electron chi connectivity index (χ0n) is 14.5. The second-order valence-corrected chi connectivity index (χ2v) is 6.01. The summed E-state index contributed by atoms with van der Waals surface area (Å²) in [4.78, 5) is 23.6. The smallest absolute Gasteiger partial charge is 0.357 e. The first-order valence-electron chi connectivity index (χ1n) is 8.08. The van der Waals surface area contributed by atoms with Crippen molar-refractivity contribution in [1.29, 1.82) is 0 Å². The second kappa shape index (κ2) is 9.70. The maximum atomic E-state index is 12.5. The van der Waals surface area contributed by atoms with Crippen molar-refractivity contribution in [3.05, 3.63) is 71.3 Å². The standard InChI is InChI=1S/C18H17F3N4O2S/c19-18(20,21)14-8-6-13(7-9-14)16(27)22-11-15(26)24-25-17(28)23-10-12-4-2-1-3-5-12/h1-9H,10-11H2,(H,22,27)(H,24,26)(H2,23,25,28). The minimum atomic E-state index is -4.48. The number of hydrogen-bond donors (Lipinski definition) is 4. The van der Waals surface area contributed by atoms with Crippen molar-refractivity contribution >= 4 is 29.1 Å². The number of carbonyl (C=O) groups is 2. The van der Waals surface area contributed by atoms with E-state index in [-0.39, 0.29) is 17.2 Å². The van der Waals surface area contributed by atoms with Crippen LogP contribution in [0.3, 0.4) is 0 Å². The highest BCUT2D eigenvalue weighted by atomic mass is 32.1. The Bertz CT molecular complexity index is 827. The van der Waals surface area contributed by atoms with E-state index in [1.807, 2.05) is 30.3 Å². The molecular formula is C18H17F3N4O2S. The Balaban J connectivity index is 1.70. The zero-order valence-corrected chi connectivity index (χ0v) is 15.3. The Labute approximate surface area is 164 Å². The summed E-state index contributed by atoms with van der Waals surface area (Å²) < 4.78 is 37.5. The molecule has 4 N–H and O–H groups in total. The quantitative estimate of drug-likeness (QED) is 0.449. The van der Waals surface area contributed by atoms with E-state index in [9.17, 15) is 22.8 Å². The van der Waals surface area contributed by atoms with E-state index in [1.165, 1.54) is 0 Å². The van der Waals surface area contributed by atoms with Crippen molar-refractivity contribution in [2.75, 3.05) is 6.54 Å². The van der Waals surface area contributed by atoms with Crippen molar-refractivity contribution in [3.8, 4) is 0 Å². The van der Waals surface area contributed by atoms with E-state index in [1.54, 1.807) is 0 Å². The van der Waals surface area contributed by atoms with Gasteiger partial charge < -0.3 is 10.6 Å². The van der Waals surface area contributed by atoms with Crippen LogP contribution in [-0.2, 0) is 17.5 Å². The molecule has 0 radical (unpaired) electrons. The SMILES string of the molecule is O=C(CNC(=O)c1ccc(C(F)(F)F)cc1)NNC(=S)NCc1ccccc1. The molecule has 0 atom stereocenters. The molecule has 0 aliphatic heterocycles. The van der Waals surface area contributed by atoms with E-state index in [2.05, 4.69) is 21.5 Å². The molecule has 2 rings (SSSR count). The van der Waals surface area contributed by atoms with Crippen LogP contribution in [0.5, 0.6) is 0 Å². The molecule has 0 saturated heterocycles. The van der Waals surface area contributed by atoms with Gasteiger partial charge in [0.05, 0.1) is 12.1 Å². The number of amides is 2. The largest absolute Gasteiger partial charge is 0.416 e. The van der Waals surface area contributed by atoms with Crippen LogP contribution in [0.1, 0.15) is 21.5 Å². The van der Waals surface area contributed by atoms with Crippen molar-refractivity contribution < 1.29 is 22.8 Å². The summed E-state index contributed by atoms with van der Waals surface area (Å²) in [5, 5.41) is 5.38. The predicted octanol–water partition coefficient (Wildman–Crippen LogP) is 2.13. The van der Waals surface area contributed by atoms with Crippen molar-refractivity contribution in [3.63, 3.8) is 0 Å². The molecular weight excluding hydrogens is 393 g/mol. The van der Waals surface area contributed by atoms with Gasteiger partial charge >= 0.3 is 6.18 Å². The average molecular weight is 410 g/mol. The van der Waals surface area contributed by atoms with Crippen LogP contribution < -0.4 is 21.5 Å². The van der Waals surface area contributed by atoms with Gasteiger partial charge in [-0.2, -0.15) is 13.2 Å². The van der Waals surface area contributed by atoms with Crippen LogP contribution >= 0.6 is 12.2 Å². The molecule has 2 amide bonds. The number of rotatable bonds is 5. The third-order valence-electron chi connectivity index (χ3n) is 3.50. The van der Waals surface area contributed by atoms with Gasteiger partial charge in [0.1, 0.15) is 0 Å². The molecule has 0 saturated carbocycles. The number of thiocarbonyl (C=S) groups is 1. The fourth-order valence-corrected chi connectivity index (χ4v) is 2.19. The average Bonchev–Trinajstić information content (AvgIpc) is 2.69. The van der Waals surface area contributed by atoms with Crippen molar-refractivity contribution in [1.82, 2.24) is 21.5 Å².